The molecule has 1 N–H and O–H groups in total. The molecule has 0 fully saturated rings. The van der Waals surface area contributed by atoms with Gasteiger partial charge in [0.25, 0.3) is 11.5 Å². The fraction of sp³-hybridized carbons (Fsp3) is 0.208. The molecule has 0 atom stereocenters. The van der Waals surface area contributed by atoms with Gasteiger partial charge in [-0.05, 0) is 60.9 Å². The molecule has 31 heavy (non-hydrogen) atoms. The average molecular weight is 420 g/mol. The van der Waals surface area contributed by atoms with Gasteiger partial charge in [-0.1, -0.05) is 12.1 Å². The summed E-state index contributed by atoms with van der Waals surface area (Å²) in [5.74, 6) is -0.417. The van der Waals surface area contributed by atoms with Crippen LogP contribution in [0, 0.1) is 5.82 Å². The van der Waals surface area contributed by atoms with Crippen LogP contribution in [-0.4, -0.2) is 23.4 Å². The van der Waals surface area contributed by atoms with Gasteiger partial charge in [-0.25, -0.2) is 4.39 Å². The number of nitrogens with zero attached hydrogens (tertiary/aromatic N) is 1. The summed E-state index contributed by atoms with van der Waals surface area (Å²) in [6.45, 7) is 0.212. The maximum Gasteiger partial charge on any atom is 0.268 e. The summed E-state index contributed by atoms with van der Waals surface area (Å²) in [5.41, 5.74) is 1.52. The number of ether oxygens (including phenoxy) is 1. The van der Waals surface area contributed by atoms with E-state index < -0.39 is 17.3 Å². The number of halogens is 1. The van der Waals surface area contributed by atoms with Crippen molar-refractivity contribution < 1.29 is 18.7 Å². The third-order valence-electron chi connectivity index (χ3n) is 5.36. The SMILES string of the molecule is COc1ccc(CNC(=O)c2cc3c(n(-c4ccc(F)cc4)c2=O)CCCC3=O)cc1. The molecule has 158 valence electrons. The number of benzene rings is 2. The molecule has 2 aromatic carbocycles. The monoisotopic (exact) mass is 420 g/mol. The first-order valence-electron chi connectivity index (χ1n) is 9.97. The fourth-order valence-electron chi connectivity index (χ4n) is 3.74. The van der Waals surface area contributed by atoms with E-state index in [-0.39, 0.29) is 17.9 Å². The Labute approximate surface area is 178 Å². The van der Waals surface area contributed by atoms with Gasteiger partial charge < -0.3 is 10.1 Å². The molecule has 1 aliphatic carbocycles. The van der Waals surface area contributed by atoms with E-state index in [1.54, 1.807) is 19.2 Å². The summed E-state index contributed by atoms with van der Waals surface area (Å²) in [6.07, 6.45) is 1.51. The van der Waals surface area contributed by atoms with Crippen molar-refractivity contribution in [2.24, 2.45) is 0 Å². The number of carbonyl (C=O) groups is 2. The number of rotatable bonds is 5. The van der Waals surface area contributed by atoms with Crippen molar-refractivity contribution in [2.75, 3.05) is 7.11 Å². The molecule has 1 aliphatic rings. The van der Waals surface area contributed by atoms with Gasteiger partial charge in [-0.3, -0.25) is 19.0 Å². The number of ketones is 1. The first-order chi connectivity index (χ1) is 15.0. The van der Waals surface area contributed by atoms with E-state index in [1.807, 2.05) is 12.1 Å². The van der Waals surface area contributed by atoms with E-state index in [4.69, 9.17) is 4.74 Å². The Bertz CT molecular complexity index is 1200. The lowest BCUT2D eigenvalue weighted by Gasteiger charge is -2.21. The van der Waals surface area contributed by atoms with Crippen molar-refractivity contribution in [1.29, 1.82) is 0 Å². The Morgan fingerprint density at radius 2 is 1.77 bits per heavy atom. The van der Waals surface area contributed by atoms with E-state index >= 15 is 0 Å². The molecule has 0 spiro atoms. The number of hydrogen-bond acceptors (Lipinski definition) is 4. The second-order valence-corrected chi connectivity index (χ2v) is 7.34. The van der Waals surface area contributed by atoms with Crippen LogP contribution >= 0.6 is 0 Å². The van der Waals surface area contributed by atoms with Crippen molar-refractivity contribution in [1.82, 2.24) is 9.88 Å². The number of Topliss-reactive ketones (excluding diaryl/α,β-unsaturated/α-hetero) is 1. The second kappa shape index (κ2) is 8.55. The topological polar surface area (TPSA) is 77.4 Å². The number of nitrogens with one attached hydrogen (secondary N) is 1. The van der Waals surface area contributed by atoms with E-state index in [0.717, 1.165) is 5.56 Å². The molecule has 7 heteroatoms. The van der Waals surface area contributed by atoms with Crippen molar-refractivity contribution in [2.45, 2.75) is 25.8 Å². The zero-order valence-corrected chi connectivity index (χ0v) is 17.0. The maximum atomic E-state index is 13.4. The summed E-state index contributed by atoms with van der Waals surface area (Å²) in [5, 5.41) is 2.74. The largest absolute Gasteiger partial charge is 0.497 e. The van der Waals surface area contributed by atoms with E-state index in [1.165, 1.54) is 34.9 Å². The third kappa shape index (κ3) is 4.12. The molecule has 0 saturated carbocycles. The van der Waals surface area contributed by atoms with Crippen molar-refractivity contribution in [3.8, 4) is 11.4 Å². The molecule has 1 aromatic heterocycles. The summed E-state index contributed by atoms with van der Waals surface area (Å²) in [7, 11) is 1.57. The van der Waals surface area contributed by atoms with Gasteiger partial charge in [0.15, 0.2) is 5.78 Å². The highest BCUT2D eigenvalue weighted by molar-refractivity contribution is 6.01. The van der Waals surface area contributed by atoms with Crippen LogP contribution in [0.4, 0.5) is 4.39 Å². The van der Waals surface area contributed by atoms with Crippen molar-refractivity contribution >= 4 is 11.7 Å². The van der Waals surface area contributed by atoms with Crippen LogP contribution in [0.15, 0.2) is 59.4 Å². The van der Waals surface area contributed by atoms with Crippen LogP contribution in [0.1, 0.15) is 44.8 Å². The van der Waals surface area contributed by atoms with E-state index in [0.29, 0.717) is 42.0 Å². The van der Waals surface area contributed by atoms with Crippen LogP contribution in [0.25, 0.3) is 5.69 Å². The average Bonchev–Trinajstić information content (AvgIpc) is 2.78. The molecule has 0 radical (unpaired) electrons. The standard InChI is InChI=1S/C24H21FN2O4/c1-31-18-11-5-15(6-12-18)14-26-23(29)20-13-19-21(3-2-4-22(19)28)27(24(20)30)17-9-7-16(25)8-10-17/h5-13H,2-4,14H2,1H3,(H,26,29). The Morgan fingerprint density at radius 1 is 1.06 bits per heavy atom. The van der Waals surface area contributed by atoms with Crippen molar-refractivity contribution in [3.05, 3.63) is 93.2 Å². The highest BCUT2D eigenvalue weighted by Gasteiger charge is 2.26. The first-order valence-corrected chi connectivity index (χ1v) is 9.97. The molecule has 6 nitrogen and oxygen atoms in total. The predicted octanol–water partition coefficient (Wildman–Crippen LogP) is 3.43. The predicted molar refractivity (Wildman–Crippen MR) is 113 cm³/mol. The Hall–Kier alpha value is -3.74. The molecule has 4 rings (SSSR count). The molecule has 3 aromatic rings. The smallest absolute Gasteiger partial charge is 0.268 e. The summed E-state index contributed by atoms with van der Waals surface area (Å²) < 4.78 is 19.9. The van der Waals surface area contributed by atoms with Gasteiger partial charge in [0.2, 0.25) is 0 Å². The summed E-state index contributed by atoms with van der Waals surface area (Å²) >= 11 is 0. The molecule has 0 bridgehead atoms. The molecule has 0 aliphatic heterocycles. The molecule has 0 unspecified atom stereocenters. The van der Waals surface area contributed by atoms with Gasteiger partial charge in [0, 0.05) is 29.9 Å². The molecular formula is C24H21FN2O4. The third-order valence-corrected chi connectivity index (χ3v) is 5.36. The zero-order chi connectivity index (χ0) is 22.0. The van der Waals surface area contributed by atoms with Gasteiger partial charge in [0.05, 0.1) is 7.11 Å². The fourth-order valence-corrected chi connectivity index (χ4v) is 3.74. The highest BCUT2D eigenvalue weighted by Crippen LogP contribution is 2.24. The number of fused-ring (bicyclic) bond motifs is 1. The van der Waals surface area contributed by atoms with Crippen LogP contribution in [0.3, 0.4) is 0 Å². The molecule has 1 heterocycles. The van der Waals surface area contributed by atoms with Crippen LogP contribution < -0.4 is 15.6 Å². The van der Waals surface area contributed by atoms with Gasteiger partial charge in [-0.15, -0.1) is 0 Å². The summed E-state index contributed by atoms with van der Waals surface area (Å²) in [4.78, 5) is 38.7. The van der Waals surface area contributed by atoms with Gasteiger partial charge in [-0.2, -0.15) is 0 Å². The lowest BCUT2D eigenvalue weighted by atomic mass is 9.92. The van der Waals surface area contributed by atoms with Crippen LogP contribution in [-0.2, 0) is 13.0 Å². The van der Waals surface area contributed by atoms with Gasteiger partial charge in [0.1, 0.15) is 17.1 Å². The minimum Gasteiger partial charge on any atom is -0.497 e. The first kappa shape index (κ1) is 20.5. The molecule has 1 amide bonds. The maximum absolute atomic E-state index is 13.4. The zero-order valence-electron chi connectivity index (χ0n) is 17.0. The van der Waals surface area contributed by atoms with E-state index in [9.17, 15) is 18.8 Å². The Kier molecular flexibility index (Phi) is 5.66. The minimum atomic E-state index is -0.571. The highest BCUT2D eigenvalue weighted by atomic mass is 19.1. The number of carbonyl (C=O) groups excluding carboxylic acids is 2. The minimum absolute atomic E-state index is 0.110. The number of pyridine rings is 1. The van der Waals surface area contributed by atoms with Gasteiger partial charge >= 0.3 is 0 Å². The Balaban J connectivity index is 1.71. The van der Waals surface area contributed by atoms with Crippen molar-refractivity contribution in [3.63, 3.8) is 0 Å². The molecule has 0 saturated heterocycles. The number of amides is 1. The van der Waals surface area contributed by atoms with Crippen LogP contribution in [0.5, 0.6) is 5.75 Å². The number of aromatic nitrogens is 1. The van der Waals surface area contributed by atoms with Crippen LogP contribution in [0.2, 0.25) is 0 Å². The number of methoxy groups -OCH3 is 1. The quantitative estimate of drug-likeness (QED) is 0.686. The molecular weight excluding hydrogens is 399 g/mol. The summed E-state index contributed by atoms with van der Waals surface area (Å²) in [6, 6.07) is 14.0. The normalized spacial score (nSPS) is 12.9. The Morgan fingerprint density at radius 3 is 2.45 bits per heavy atom. The number of hydrogen-bond donors (Lipinski definition) is 1. The van der Waals surface area contributed by atoms with E-state index in [2.05, 4.69) is 5.32 Å². The lowest BCUT2D eigenvalue weighted by Crippen LogP contribution is -2.35. The second-order valence-electron chi connectivity index (χ2n) is 7.34. The lowest BCUT2D eigenvalue weighted by molar-refractivity contribution is 0.0949.